The van der Waals surface area contributed by atoms with Crippen LogP contribution in [0.25, 0.3) is 0 Å². The average molecular weight is 290 g/mol. The van der Waals surface area contributed by atoms with Crippen LogP contribution in [0.3, 0.4) is 0 Å². The van der Waals surface area contributed by atoms with Crippen LogP contribution in [0.1, 0.15) is 64.5 Å². The molecule has 0 bridgehead atoms. The minimum Gasteiger partial charge on any atom is -0.386 e. The van der Waals surface area contributed by atoms with Crippen LogP contribution in [0, 0.1) is 12.8 Å². The molecule has 2 N–H and O–H groups in total. The Balaban J connectivity index is 2.99. The quantitative estimate of drug-likeness (QED) is 0.617. The third-order valence-corrected chi connectivity index (χ3v) is 4.41. The van der Waals surface area contributed by atoms with Crippen LogP contribution in [0.15, 0.2) is 12.1 Å². The Bertz CT molecular complexity index is 395. The van der Waals surface area contributed by atoms with E-state index in [-0.39, 0.29) is 0 Å². The van der Waals surface area contributed by atoms with Gasteiger partial charge in [0.15, 0.2) is 0 Å². The van der Waals surface area contributed by atoms with E-state index in [0.29, 0.717) is 6.04 Å². The van der Waals surface area contributed by atoms with Crippen LogP contribution in [0.4, 0.5) is 11.4 Å². The van der Waals surface area contributed by atoms with Gasteiger partial charge in [0.25, 0.3) is 0 Å². The lowest BCUT2D eigenvalue weighted by Crippen LogP contribution is -2.27. The Morgan fingerprint density at radius 1 is 1.05 bits per heavy atom. The van der Waals surface area contributed by atoms with Crippen molar-refractivity contribution >= 4 is 11.4 Å². The van der Waals surface area contributed by atoms with Gasteiger partial charge in [0.1, 0.15) is 0 Å². The number of hydrogen-bond acceptors (Lipinski definition) is 2. The first-order valence-corrected chi connectivity index (χ1v) is 8.65. The SMILES string of the molecule is CCCC(CCC)[C@H](C)Nc1c(CC)cc(C)cc1NC. The second-order valence-electron chi connectivity index (χ2n) is 6.22. The lowest BCUT2D eigenvalue weighted by atomic mass is 9.91. The molecule has 1 atom stereocenters. The topological polar surface area (TPSA) is 24.1 Å². The van der Waals surface area contributed by atoms with Crippen LogP contribution >= 0.6 is 0 Å². The first-order valence-electron chi connectivity index (χ1n) is 8.65. The van der Waals surface area contributed by atoms with Gasteiger partial charge in [0.05, 0.1) is 11.4 Å². The van der Waals surface area contributed by atoms with Crippen LogP contribution in [0.5, 0.6) is 0 Å². The van der Waals surface area contributed by atoms with E-state index in [9.17, 15) is 0 Å². The van der Waals surface area contributed by atoms with Crippen molar-refractivity contribution in [3.8, 4) is 0 Å². The summed E-state index contributed by atoms with van der Waals surface area (Å²) in [5.41, 5.74) is 5.27. The van der Waals surface area contributed by atoms with Crippen molar-refractivity contribution in [1.82, 2.24) is 0 Å². The van der Waals surface area contributed by atoms with Gasteiger partial charge in [-0.2, -0.15) is 0 Å². The summed E-state index contributed by atoms with van der Waals surface area (Å²) in [7, 11) is 2.01. The third kappa shape index (κ3) is 4.94. The molecule has 1 aromatic carbocycles. The minimum absolute atomic E-state index is 0.519. The number of nitrogens with one attached hydrogen (secondary N) is 2. The standard InChI is InChI=1S/C19H34N2/c1-7-10-17(11-8-2)15(5)21-19-16(9-3)12-14(4)13-18(19)20-6/h12-13,15,17,20-21H,7-11H2,1-6H3/t15-/m0/s1. The fraction of sp³-hybridized carbons (Fsp3) is 0.684. The van der Waals surface area contributed by atoms with Crippen LogP contribution in [-0.4, -0.2) is 13.1 Å². The van der Waals surface area contributed by atoms with E-state index in [2.05, 4.69) is 57.4 Å². The maximum atomic E-state index is 3.82. The molecule has 0 amide bonds. The van der Waals surface area contributed by atoms with Crippen molar-refractivity contribution in [2.75, 3.05) is 17.7 Å². The summed E-state index contributed by atoms with van der Waals surface area (Å²) in [6, 6.07) is 5.07. The Morgan fingerprint density at radius 2 is 1.67 bits per heavy atom. The Labute approximate surface area is 131 Å². The summed E-state index contributed by atoms with van der Waals surface area (Å²) in [6.07, 6.45) is 6.22. The van der Waals surface area contributed by atoms with Gasteiger partial charge in [0.2, 0.25) is 0 Å². The lowest BCUT2D eigenvalue weighted by Gasteiger charge is -2.28. The van der Waals surface area contributed by atoms with Crippen LogP contribution in [-0.2, 0) is 6.42 Å². The molecule has 2 heteroatoms. The van der Waals surface area contributed by atoms with Gasteiger partial charge in [-0.3, -0.25) is 0 Å². The fourth-order valence-corrected chi connectivity index (χ4v) is 3.24. The van der Waals surface area contributed by atoms with E-state index in [1.165, 1.54) is 48.2 Å². The Hall–Kier alpha value is -1.18. The average Bonchev–Trinajstić information content (AvgIpc) is 2.48. The number of anilines is 2. The molecule has 0 radical (unpaired) electrons. The summed E-state index contributed by atoms with van der Waals surface area (Å²) in [5, 5.41) is 7.17. The second kappa shape index (κ2) is 8.96. The largest absolute Gasteiger partial charge is 0.386 e. The van der Waals surface area contributed by atoms with E-state index >= 15 is 0 Å². The van der Waals surface area contributed by atoms with Gasteiger partial charge in [-0.25, -0.2) is 0 Å². The third-order valence-electron chi connectivity index (χ3n) is 4.41. The molecule has 0 unspecified atom stereocenters. The van der Waals surface area contributed by atoms with E-state index in [4.69, 9.17) is 0 Å². The lowest BCUT2D eigenvalue weighted by molar-refractivity contribution is 0.396. The number of rotatable bonds is 9. The molecule has 120 valence electrons. The summed E-state index contributed by atoms with van der Waals surface area (Å²) >= 11 is 0. The minimum atomic E-state index is 0.519. The van der Waals surface area contributed by atoms with Crippen LogP contribution < -0.4 is 10.6 Å². The first kappa shape index (κ1) is 17.9. The summed E-state index contributed by atoms with van der Waals surface area (Å²) < 4.78 is 0. The summed E-state index contributed by atoms with van der Waals surface area (Å²) in [6.45, 7) is 11.3. The van der Waals surface area contributed by atoms with Gasteiger partial charge in [0, 0.05) is 13.1 Å². The predicted octanol–water partition coefficient (Wildman–Crippen LogP) is 5.62. The molecule has 21 heavy (non-hydrogen) atoms. The zero-order valence-electron chi connectivity index (χ0n) is 14.8. The maximum absolute atomic E-state index is 3.82. The predicted molar refractivity (Wildman–Crippen MR) is 96.5 cm³/mol. The van der Waals surface area contributed by atoms with E-state index in [1.54, 1.807) is 0 Å². The van der Waals surface area contributed by atoms with Crippen molar-refractivity contribution in [3.05, 3.63) is 23.3 Å². The molecule has 0 aliphatic heterocycles. The molecular formula is C19H34N2. The first-order chi connectivity index (χ1) is 10.1. The van der Waals surface area contributed by atoms with Gasteiger partial charge in [-0.05, 0) is 56.2 Å². The van der Waals surface area contributed by atoms with E-state index < -0.39 is 0 Å². The zero-order chi connectivity index (χ0) is 15.8. The molecule has 0 aliphatic carbocycles. The monoisotopic (exact) mass is 290 g/mol. The molecule has 0 saturated heterocycles. The molecular weight excluding hydrogens is 256 g/mol. The van der Waals surface area contributed by atoms with E-state index in [0.717, 1.165) is 12.3 Å². The highest BCUT2D eigenvalue weighted by molar-refractivity contribution is 5.74. The van der Waals surface area contributed by atoms with Crippen molar-refractivity contribution in [3.63, 3.8) is 0 Å². The highest BCUT2D eigenvalue weighted by atomic mass is 15.0. The molecule has 0 aliphatic rings. The number of aryl methyl sites for hydroxylation is 2. The molecule has 0 spiro atoms. The van der Waals surface area contributed by atoms with E-state index in [1.807, 2.05) is 7.05 Å². The van der Waals surface area contributed by atoms with Gasteiger partial charge < -0.3 is 10.6 Å². The molecule has 0 saturated carbocycles. The number of hydrogen-bond donors (Lipinski definition) is 2. The normalized spacial score (nSPS) is 12.5. The Kier molecular flexibility index (Phi) is 7.63. The molecule has 0 fully saturated rings. The smallest absolute Gasteiger partial charge is 0.0610 e. The van der Waals surface area contributed by atoms with Crippen LogP contribution in [0.2, 0.25) is 0 Å². The molecule has 0 aromatic heterocycles. The highest BCUT2D eigenvalue weighted by Crippen LogP contribution is 2.31. The van der Waals surface area contributed by atoms with Crippen molar-refractivity contribution in [2.24, 2.45) is 5.92 Å². The number of benzene rings is 1. The zero-order valence-corrected chi connectivity index (χ0v) is 14.8. The molecule has 0 heterocycles. The summed E-state index contributed by atoms with van der Waals surface area (Å²) in [4.78, 5) is 0. The highest BCUT2D eigenvalue weighted by Gasteiger charge is 2.18. The van der Waals surface area contributed by atoms with Crippen molar-refractivity contribution < 1.29 is 0 Å². The van der Waals surface area contributed by atoms with Gasteiger partial charge in [-0.15, -0.1) is 0 Å². The van der Waals surface area contributed by atoms with Crippen molar-refractivity contribution in [1.29, 1.82) is 0 Å². The molecule has 1 aromatic rings. The second-order valence-corrected chi connectivity index (χ2v) is 6.22. The molecule has 1 rings (SSSR count). The summed E-state index contributed by atoms with van der Waals surface area (Å²) in [5.74, 6) is 0.760. The Morgan fingerprint density at radius 3 is 2.14 bits per heavy atom. The van der Waals surface area contributed by atoms with Gasteiger partial charge >= 0.3 is 0 Å². The van der Waals surface area contributed by atoms with Crippen molar-refractivity contribution in [2.45, 2.75) is 72.8 Å². The molecule has 2 nitrogen and oxygen atoms in total. The van der Waals surface area contributed by atoms with Gasteiger partial charge in [-0.1, -0.05) is 39.7 Å². The maximum Gasteiger partial charge on any atom is 0.0610 e. The fourth-order valence-electron chi connectivity index (χ4n) is 3.24.